The molecule has 0 spiro atoms. The van der Waals surface area contributed by atoms with Crippen molar-refractivity contribution in [3.05, 3.63) is 189 Å². The number of carbonyl (C=O) groups is 10. The number of aliphatic hydroxyl groups is 1. The van der Waals surface area contributed by atoms with E-state index in [1.54, 1.807) is 236 Å². The van der Waals surface area contributed by atoms with Crippen LogP contribution in [0, 0.1) is 23.5 Å². The van der Waals surface area contributed by atoms with E-state index in [2.05, 4.69) is 87.5 Å². The molecule has 1 aliphatic heterocycles. The molecule has 5 heterocycles. The number of hydrogen-bond donors (Lipinski definition) is 10. The highest BCUT2D eigenvalue weighted by atomic mass is 31.2. The molecule has 0 bridgehead atoms. The number of aryl methyl sites for hydroxylation is 1. The Bertz CT molecular complexity index is 6330. The number of nitrogen functional groups attached to an aromatic ring is 1. The number of hydrogen-bond acceptors (Lipinski definition) is 37. The maximum absolute atomic E-state index is 14.2. The summed E-state index contributed by atoms with van der Waals surface area (Å²) in [5.74, 6) is -4.92. The van der Waals surface area contributed by atoms with Crippen molar-refractivity contribution >= 4 is 162 Å². The zero-order valence-electron chi connectivity index (χ0n) is 83.7. The summed E-state index contributed by atoms with van der Waals surface area (Å²) in [4.78, 5) is 154. The van der Waals surface area contributed by atoms with E-state index in [9.17, 15) is 71.3 Å². The molecule has 4 aromatic heterocycles. The zero-order chi connectivity index (χ0) is 109. The maximum Gasteiger partial charge on any atom is 0.513 e. The molecule has 0 radical (unpaired) electrons. The molecular weight excluding hydrogens is 2020 g/mol. The highest BCUT2D eigenvalue weighted by Crippen LogP contribution is 2.50. The van der Waals surface area contributed by atoms with Crippen molar-refractivity contribution < 1.29 is 146 Å². The lowest BCUT2D eigenvalue weighted by molar-refractivity contribution is -0.151. The Balaban J connectivity index is 0.000000270. The van der Waals surface area contributed by atoms with Gasteiger partial charge in [0.1, 0.15) is 88.6 Å². The van der Waals surface area contributed by atoms with Gasteiger partial charge in [-0.3, -0.25) is 61.6 Å². The van der Waals surface area contributed by atoms with Crippen LogP contribution < -0.4 is 63.1 Å². The number of carbonyl (C=O) groups excluding carboxylic acids is 10. The second-order valence-corrected chi connectivity index (χ2v) is 40.5. The van der Waals surface area contributed by atoms with Crippen LogP contribution in [0.4, 0.5) is 5.69 Å². The largest absolute Gasteiger partial charge is 0.513 e. The van der Waals surface area contributed by atoms with Gasteiger partial charge in [0.05, 0.1) is 105 Å². The van der Waals surface area contributed by atoms with E-state index >= 15 is 0 Å². The molecule has 49 nitrogen and oxygen atoms in total. The quantitative estimate of drug-likeness (QED) is 0.00423. The number of imidazole rings is 2. The molecule has 796 valence electrons. The minimum absolute atomic E-state index is 0.00328. The third-order valence-corrected chi connectivity index (χ3v) is 26.2. The molecule has 11 N–H and O–H groups in total. The Kier molecular flexibility index (Phi) is 50.4. The van der Waals surface area contributed by atoms with Crippen molar-refractivity contribution in [1.29, 1.82) is 16.6 Å². The lowest BCUT2D eigenvalue weighted by Crippen LogP contribution is -2.46. The summed E-state index contributed by atoms with van der Waals surface area (Å²) in [6.07, 6.45) is 4.42. The normalized spacial score (nSPS) is 15.2. The van der Waals surface area contributed by atoms with Crippen LogP contribution in [0.15, 0.2) is 183 Å². The molecule has 53 heteroatoms. The van der Waals surface area contributed by atoms with E-state index in [1.807, 2.05) is 6.92 Å². The van der Waals surface area contributed by atoms with Crippen LogP contribution >= 0.6 is 30.9 Å². The van der Waals surface area contributed by atoms with Crippen LogP contribution in [0.3, 0.4) is 0 Å². The van der Waals surface area contributed by atoms with E-state index in [0.29, 0.717) is 28.0 Å². The van der Waals surface area contributed by atoms with Crippen molar-refractivity contribution in [2.75, 3.05) is 18.9 Å². The number of nitrogens with one attached hydrogen (secondary N) is 8. The Labute approximate surface area is 857 Å². The fraction of sp³-hybridized carbons (Fsp3) is 0.396. The molecule has 5 aromatic carbocycles. The number of para-hydroxylation sites is 5. The van der Waals surface area contributed by atoms with Gasteiger partial charge < -0.3 is 66.4 Å². The molecule has 1 saturated heterocycles. The SMILES string of the molecule is C=[N+]=CC(=O)CC[C@H](NP(=O)(N[C@@H](CCC(=O)C=[N+]=N)C(=O)OC(C)C)Oc1ccccc1)C(=O)OC(C)C.C=[N+]=CC(=O)CC[C@H](NP(=O)(Oc1ccccc1)Oc1ccccc1)C(=O)OC(C)C.CC(C)OC(=O)[C@H](CCC(=O)C=[N+]=N)NP(=O)(OC[C@H]1O[C@@H](n2cnc3c(N)ccnc32)CC1O)Oc1ccccc1.Cc1ncnc2c1ncn2CCOP(=O)(N[C@@H](CCC(=O)C=[N+]=N)C(=O)OC(C)C)Oc1ccccc1. The summed E-state index contributed by atoms with van der Waals surface area (Å²) < 4.78 is 138. The summed E-state index contributed by atoms with van der Waals surface area (Å²) in [6.45, 7) is 24.6. The number of anilines is 1. The Morgan fingerprint density at radius 3 is 1.12 bits per heavy atom. The number of ketones is 5. The van der Waals surface area contributed by atoms with Crippen LogP contribution in [0.5, 0.6) is 28.7 Å². The molecule has 9 aromatic rings. The molecule has 149 heavy (non-hydrogen) atoms. The van der Waals surface area contributed by atoms with Crippen molar-refractivity contribution in [3.63, 3.8) is 0 Å². The van der Waals surface area contributed by atoms with Gasteiger partial charge in [0.2, 0.25) is 28.9 Å². The summed E-state index contributed by atoms with van der Waals surface area (Å²) >= 11 is 0. The molecule has 1 fully saturated rings. The number of Topliss-reactive ketones (excluding diaryl/α,β-unsaturated/α-hetero) is 5. The highest BCUT2D eigenvalue weighted by Gasteiger charge is 2.44. The average molecular weight is 2140 g/mol. The van der Waals surface area contributed by atoms with Crippen LogP contribution in [0.2, 0.25) is 0 Å². The van der Waals surface area contributed by atoms with Crippen molar-refractivity contribution in [2.24, 2.45) is 0 Å². The zero-order valence-corrected chi connectivity index (χ0v) is 87.3. The third-order valence-electron chi connectivity index (χ3n) is 19.7. The number of nitrogens with zero attached hydrogens (tertiary/aromatic N) is 12. The Morgan fingerprint density at radius 1 is 0.436 bits per heavy atom. The number of esters is 5. The van der Waals surface area contributed by atoms with Gasteiger partial charge in [-0.15, -0.1) is 9.34 Å². The predicted octanol–water partition coefficient (Wildman–Crippen LogP) is 10.5. The molecule has 0 aliphatic carbocycles. The van der Waals surface area contributed by atoms with Crippen LogP contribution in [-0.4, -0.2) is 243 Å². The Morgan fingerprint density at radius 2 is 0.765 bits per heavy atom. The van der Waals surface area contributed by atoms with Gasteiger partial charge in [-0.25, -0.2) is 53.4 Å². The minimum Gasteiger partial charge on any atom is -0.462 e. The summed E-state index contributed by atoms with van der Waals surface area (Å²) in [5.41, 5.74) is 29.8. The standard InChI is InChI=1S/C26H32N7O8P.C25H36N5O8P.C23H29N7O6P.C22H26N2O6P/c1-16(2)39-26(36)20(9-8-17(34)13-31-28)32-42(37,41-18-6-4-3-5-7-18)38-14-22-21(35)12-23(40-22)33-15-30-24-19(27)10-11-29-25(24)33;1-17(2)36-24(33)22(13-11-19(31)15-27-5)29-39(35,38-21-9-7-6-8-10-21)30-23(25(34)37-18(3)4)14-12-20(32)16-28-26;1-16(2)35-23(32)20(10-9-18(31)13-28-24)29-37(33,36-19-7-5-4-6-8-19)34-12-11-30-15-27-21-17(3)25-14-26-22(21)30;1-17(2)28-22(26)21(15-14-18(25)16-23-3)24-31(27,29-19-10-6-4-7-11-19)30-20-12-8-5-9-13-20/h3-7,10-11,13,15-16,20-23,27,35H,8-9,12,14H2,1-2H3,(H2-,28,32,34,37);6-10,15-18,22-23,26H,5,11-14H2,1-4H3,(H2,29,30,35);4-8,13-16,20,24H,9-12H2,1-3H3,(H,29,33);4-13,16-17,21H,3,14-15H2,1-2H3,(H,24,27)/q;+2;2*+1/p+1/t20-,21?,22+,23+,42?;22-,23-,39?;20-,37?;21-/m0000/s1. The lowest BCUT2D eigenvalue weighted by Gasteiger charge is -2.29. The topological polar surface area (TPSA) is 682 Å². The summed E-state index contributed by atoms with van der Waals surface area (Å²) in [5, 5.41) is 23.9. The highest BCUT2D eigenvalue weighted by molar-refractivity contribution is 7.55. The van der Waals surface area contributed by atoms with E-state index in [0.717, 1.165) is 36.8 Å². The minimum atomic E-state index is -4.35. The van der Waals surface area contributed by atoms with E-state index in [-0.39, 0.29) is 125 Å². The fourth-order valence-corrected chi connectivity index (χ4v) is 19.7. The van der Waals surface area contributed by atoms with Gasteiger partial charge in [0.15, 0.2) is 11.3 Å². The Hall–Kier alpha value is -14.6. The van der Waals surface area contributed by atoms with Gasteiger partial charge in [0.25, 0.3) is 13.4 Å². The smallest absolute Gasteiger partial charge is 0.462 e. The van der Waals surface area contributed by atoms with Crippen LogP contribution in [-0.2, 0) is 110 Å². The molecular formula is C96H124N21O28P4+5. The first-order chi connectivity index (χ1) is 71.0. The van der Waals surface area contributed by atoms with Crippen molar-refractivity contribution in [2.45, 2.75) is 232 Å². The predicted molar refractivity (Wildman–Crippen MR) is 544 cm³/mol. The van der Waals surface area contributed by atoms with Crippen LogP contribution in [0.25, 0.3) is 22.3 Å². The number of ether oxygens (including phenoxy) is 6. The molecule has 4 unspecified atom stereocenters. The summed E-state index contributed by atoms with van der Waals surface area (Å²) in [7, 11) is -16.9. The molecule has 11 atom stereocenters. The van der Waals surface area contributed by atoms with E-state index in [1.165, 1.54) is 24.8 Å². The van der Waals surface area contributed by atoms with Gasteiger partial charge >= 0.3 is 91.8 Å². The first-order valence-corrected chi connectivity index (χ1v) is 52.9. The summed E-state index contributed by atoms with van der Waals surface area (Å²) in [6, 6.07) is 36.8. The number of rotatable bonds is 58. The molecule has 0 amide bonds. The van der Waals surface area contributed by atoms with E-state index in [4.69, 9.17) is 82.4 Å². The number of aliphatic hydroxyl groups excluding tert-OH is 1. The molecule has 10 rings (SSSR count). The van der Waals surface area contributed by atoms with Crippen molar-refractivity contribution in [1.82, 2.24) is 68.8 Å². The van der Waals surface area contributed by atoms with Crippen molar-refractivity contribution in [3.8, 4) is 28.7 Å². The third kappa shape index (κ3) is 43.4. The number of aromatic nitrogens is 7. The molecule has 1 aliphatic rings. The number of pyridine rings is 1. The van der Waals surface area contributed by atoms with Gasteiger partial charge in [-0.1, -0.05) is 91.0 Å². The average Bonchev–Trinajstić information content (AvgIpc) is 1.65. The first kappa shape index (κ1) is 121. The number of benzene rings is 5. The van der Waals surface area contributed by atoms with Gasteiger partial charge in [0, 0.05) is 51.3 Å². The maximum atomic E-state index is 14.2. The van der Waals surface area contributed by atoms with Gasteiger partial charge in [-0.2, -0.15) is 15.3 Å². The fourth-order valence-electron chi connectivity index (χ4n) is 13.1. The number of nitrogens with two attached hydrogens (primary N) is 1. The first-order valence-electron chi connectivity index (χ1n) is 46.7. The molecule has 0 saturated carbocycles. The number of fused-ring (bicyclic) bond motifs is 2. The van der Waals surface area contributed by atoms with Crippen LogP contribution in [0.1, 0.15) is 152 Å². The second-order valence-electron chi connectivity index (χ2n) is 33.7. The second kappa shape index (κ2) is 61.9. The monoisotopic (exact) mass is 2140 g/mol. The van der Waals surface area contributed by atoms with E-state index < -0.39 is 163 Å². The lowest BCUT2D eigenvalue weighted by atomic mass is 10.1. The van der Waals surface area contributed by atoms with Gasteiger partial charge in [-0.05, 0) is 175 Å².